The second-order valence-electron chi connectivity index (χ2n) is 6.84. The van der Waals surface area contributed by atoms with Crippen molar-refractivity contribution in [1.82, 2.24) is 16.0 Å². The summed E-state index contributed by atoms with van der Waals surface area (Å²) in [6.07, 6.45) is 1.69. The van der Waals surface area contributed by atoms with Crippen LogP contribution in [0.2, 0.25) is 0 Å². The van der Waals surface area contributed by atoms with Gasteiger partial charge in [-0.25, -0.2) is 4.79 Å². The normalized spacial score (nSPS) is 12.2. The van der Waals surface area contributed by atoms with Gasteiger partial charge in [0, 0.05) is 19.6 Å². The van der Waals surface area contributed by atoms with E-state index >= 15 is 0 Å². The van der Waals surface area contributed by atoms with Crippen molar-refractivity contribution in [3.8, 4) is 0 Å². The second-order valence-corrected chi connectivity index (χ2v) is 6.84. The standard InChI is InChI=1S/C17H36N4O3.HI/c1-7-17(23,8-2)13-21-14(18-9-3)19-11-10-12-20-15(22)24-16(4,5)6;/h23H,7-13H2,1-6H3,(H,20,22)(H2,18,19,21);1H. The van der Waals surface area contributed by atoms with Gasteiger partial charge in [-0.1, -0.05) is 13.8 Å². The van der Waals surface area contributed by atoms with Crippen LogP contribution in [0.1, 0.15) is 60.8 Å². The van der Waals surface area contributed by atoms with E-state index < -0.39 is 17.3 Å². The lowest BCUT2D eigenvalue weighted by atomic mass is 9.98. The Morgan fingerprint density at radius 2 is 1.60 bits per heavy atom. The van der Waals surface area contributed by atoms with Crippen molar-refractivity contribution in [1.29, 1.82) is 0 Å². The van der Waals surface area contributed by atoms with Crippen molar-refractivity contribution in [3.05, 3.63) is 0 Å². The molecule has 0 unspecified atom stereocenters. The lowest BCUT2D eigenvalue weighted by Crippen LogP contribution is -2.41. The van der Waals surface area contributed by atoms with Gasteiger partial charge >= 0.3 is 6.09 Å². The number of halogens is 1. The zero-order valence-corrected chi connectivity index (χ0v) is 18.9. The van der Waals surface area contributed by atoms with Gasteiger partial charge < -0.3 is 25.8 Å². The van der Waals surface area contributed by atoms with Crippen LogP contribution in [0.3, 0.4) is 0 Å². The average Bonchev–Trinajstić information content (AvgIpc) is 2.50. The van der Waals surface area contributed by atoms with Crippen LogP contribution < -0.4 is 16.0 Å². The predicted octanol–water partition coefficient (Wildman–Crippen LogP) is 2.63. The Kier molecular flexibility index (Phi) is 14.2. The van der Waals surface area contributed by atoms with Gasteiger partial charge in [0.1, 0.15) is 5.60 Å². The van der Waals surface area contributed by atoms with E-state index in [0.29, 0.717) is 38.4 Å². The zero-order chi connectivity index (χ0) is 18.6. The van der Waals surface area contributed by atoms with E-state index in [9.17, 15) is 9.90 Å². The SMILES string of the molecule is CCNC(=NCC(O)(CC)CC)NCCCNC(=O)OC(C)(C)C.I. The molecule has 0 aliphatic carbocycles. The molecule has 1 amide bonds. The molecule has 25 heavy (non-hydrogen) atoms. The molecule has 0 heterocycles. The van der Waals surface area contributed by atoms with E-state index in [4.69, 9.17) is 4.74 Å². The van der Waals surface area contributed by atoms with Gasteiger partial charge in [0.15, 0.2) is 5.96 Å². The second kappa shape index (κ2) is 13.4. The highest BCUT2D eigenvalue weighted by Gasteiger charge is 2.21. The number of ether oxygens (including phenoxy) is 1. The molecule has 4 N–H and O–H groups in total. The fourth-order valence-electron chi connectivity index (χ4n) is 1.84. The minimum Gasteiger partial charge on any atom is -0.444 e. The molecule has 0 radical (unpaired) electrons. The van der Waals surface area contributed by atoms with Crippen LogP contribution in [0.15, 0.2) is 4.99 Å². The number of hydrogen-bond acceptors (Lipinski definition) is 4. The monoisotopic (exact) mass is 472 g/mol. The molecule has 0 spiro atoms. The molecule has 0 aliphatic rings. The van der Waals surface area contributed by atoms with E-state index in [0.717, 1.165) is 13.0 Å². The molecular weight excluding hydrogens is 435 g/mol. The maximum absolute atomic E-state index is 11.5. The Morgan fingerprint density at radius 1 is 1.04 bits per heavy atom. The first-order valence-electron chi connectivity index (χ1n) is 8.87. The highest BCUT2D eigenvalue weighted by molar-refractivity contribution is 14.0. The lowest BCUT2D eigenvalue weighted by Gasteiger charge is -2.23. The minimum absolute atomic E-state index is 0. The Balaban J connectivity index is 0. The Labute approximate surface area is 169 Å². The third-order valence-corrected chi connectivity index (χ3v) is 3.51. The number of aliphatic hydroxyl groups is 1. The summed E-state index contributed by atoms with van der Waals surface area (Å²) in [5, 5.41) is 19.4. The molecule has 7 nitrogen and oxygen atoms in total. The Morgan fingerprint density at radius 3 is 2.08 bits per heavy atom. The number of aliphatic imine (C=N–C) groups is 1. The largest absolute Gasteiger partial charge is 0.444 e. The summed E-state index contributed by atoms with van der Waals surface area (Å²) in [7, 11) is 0. The van der Waals surface area contributed by atoms with Crippen LogP contribution in [0, 0.1) is 0 Å². The van der Waals surface area contributed by atoms with Crippen molar-refractivity contribution < 1.29 is 14.6 Å². The topological polar surface area (TPSA) is 95.0 Å². The number of carbonyl (C=O) groups excluding carboxylic acids is 1. The molecule has 0 aliphatic heterocycles. The van der Waals surface area contributed by atoms with E-state index in [1.807, 2.05) is 41.5 Å². The maximum atomic E-state index is 11.5. The first kappa shape index (κ1) is 26.5. The summed E-state index contributed by atoms with van der Waals surface area (Å²) in [4.78, 5) is 16.0. The number of amides is 1. The molecule has 0 rings (SSSR count). The molecular formula is C17H37IN4O3. The first-order chi connectivity index (χ1) is 11.2. The molecule has 0 aromatic carbocycles. The number of guanidine groups is 1. The van der Waals surface area contributed by atoms with Crippen molar-refractivity contribution in [2.45, 2.75) is 72.0 Å². The fraction of sp³-hybridized carbons (Fsp3) is 0.882. The first-order valence-corrected chi connectivity index (χ1v) is 8.87. The van der Waals surface area contributed by atoms with Gasteiger partial charge in [-0.2, -0.15) is 0 Å². The van der Waals surface area contributed by atoms with Crippen molar-refractivity contribution in [2.75, 3.05) is 26.2 Å². The summed E-state index contributed by atoms with van der Waals surface area (Å²) in [6, 6.07) is 0. The maximum Gasteiger partial charge on any atom is 0.407 e. The number of rotatable bonds is 9. The van der Waals surface area contributed by atoms with E-state index in [2.05, 4.69) is 20.9 Å². The van der Waals surface area contributed by atoms with Gasteiger partial charge in [0.2, 0.25) is 0 Å². The minimum atomic E-state index is -0.749. The van der Waals surface area contributed by atoms with Gasteiger partial charge in [-0.3, -0.25) is 4.99 Å². The molecule has 0 aromatic rings. The van der Waals surface area contributed by atoms with E-state index in [1.165, 1.54) is 0 Å². The molecule has 0 saturated heterocycles. The quantitative estimate of drug-likeness (QED) is 0.179. The number of nitrogens with zero attached hydrogens (tertiary/aromatic N) is 1. The van der Waals surface area contributed by atoms with Crippen LogP contribution in [-0.4, -0.2) is 54.5 Å². The van der Waals surface area contributed by atoms with Gasteiger partial charge in [0.25, 0.3) is 0 Å². The summed E-state index contributed by atoms with van der Waals surface area (Å²) >= 11 is 0. The van der Waals surface area contributed by atoms with E-state index in [1.54, 1.807) is 0 Å². The van der Waals surface area contributed by atoms with Crippen molar-refractivity contribution in [3.63, 3.8) is 0 Å². The zero-order valence-electron chi connectivity index (χ0n) is 16.6. The highest BCUT2D eigenvalue weighted by Crippen LogP contribution is 2.14. The highest BCUT2D eigenvalue weighted by atomic mass is 127. The van der Waals surface area contributed by atoms with Crippen molar-refractivity contribution >= 4 is 36.0 Å². The molecule has 0 fully saturated rings. The number of carbonyl (C=O) groups is 1. The molecule has 0 saturated carbocycles. The average molecular weight is 472 g/mol. The van der Waals surface area contributed by atoms with E-state index in [-0.39, 0.29) is 24.0 Å². The summed E-state index contributed by atoms with van der Waals surface area (Å²) in [5.74, 6) is 0.676. The van der Waals surface area contributed by atoms with Gasteiger partial charge in [0.05, 0.1) is 12.1 Å². The fourth-order valence-corrected chi connectivity index (χ4v) is 1.84. The van der Waals surface area contributed by atoms with Crippen LogP contribution in [-0.2, 0) is 4.74 Å². The van der Waals surface area contributed by atoms with Crippen LogP contribution in [0.4, 0.5) is 4.79 Å². The molecule has 8 heteroatoms. The summed E-state index contributed by atoms with van der Waals surface area (Å²) < 4.78 is 5.17. The predicted molar refractivity (Wildman–Crippen MR) is 114 cm³/mol. The van der Waals surface area contributed by atoms with Crippen LogP contribution in [0.5, 0.6) is 0 Å². The molecule has 0 bridgehead atoms. The summed E-state index contributed by atoms with van der Waals surface area (Å²) in [5.41, 5.74) is -1.23. The van der Waals surface area contributed by atoms with Gasteiger partial charge in [-0.05, 0) is 47.0 Å². The van der Waals surface area contributed by atoms with Gasteiger partial charge in [-0.15, -0.1) is 24.0 Å². The van der Waals surface area contributed by atoms with Crippen molar-refractivity contribution in [2.24, 2.45) is 4.99 Å². The molecule has 0 atom stereocenters. The number of nitrogens with one attached hydrogen (secondary N) is 3. The smallest absolute Gasteiger partial charge is 0.407 e. The Hall–Kier alpha value is -0.770. The van der Waals surface area contributed by atoms with Crippen LogP contribution in [0.25, 0.3) is 0 Å². The van der Waals surface area contributed by atoms with Crippen LogP contribution >= 0.6 is 24.0 Å². The number of hydrogen-bond donors (Lipinski definition) is 4. The number of alkyl carbamates (subject to hydrolysis) is 1. The summed E-state index contributed by atoms with van der Waals surface area (Å²) in [6.45, 7) is 13.7. The molecule has 150 valence electrons. The third-order valence-electron chi connectivity index (χ3n) is 3.51. The lowest BCUT2D eigenvalue weighted by molar-refractivity contribution is 0.0417. The third kappa shape index (κ3) is 14.1. The molecule has 0 aromatic heterocycles. The Bertz CT molecular complexity index is 394.